The van der Waals surface area contributed by atoms with Gasteiger partial charge in [0.2, 0.25) is 5.91 Å². The normalized spacial score (nSPS) is 21.2. The van der Waals surface area contributed by atoms with Gasteiger partial charge in [0, 0.05) is 6.42 Å². The summed E-state index contributed by atoms with van der Waals surface area (Å²) in [5.74, 6) is -0.499. The molecule has 208 valence electrons. The number of aromatic nitrogens is 4. The van der Waals surface area contributed by atoms with Gasteiger partial charge in [-0.05, 0) is 11.1 Å². The second-order valence-electron chi connectivity index (χ2n) is 9.21. The van der Waals surface area contributed by atoms with Crippen LogP contribution in [0.5, 0.6) is 0 Å². The van der Waals surface area contributed by atoms with Crippen molar-refractivity contribution in [1.29, 1.82) is 0 Å². The highest BCUT2D eigenvalue weighted by Crippen LogP contribution is 2.32. The smallest absolute Gasteiger partial charge is 0.408 e. The number of carbonyl (C=O) groups excluding carboxylic acids is 2. The number of amides is 2. The molecule has 4 aromatic rings. The minimum absolute atomic E-state index is 0.0389. The van der Waals surface area contributed by atoms with Crippen LogP contribution in [0.4, 0.5) is 10.6 Å². The highest BCUT2D eigenvalue weighted by Gasteiger charge is 2.44. The van der Waals surface area contributed by atoms with Gasteiger partial charge in [-0.3, -0.25) is 9.36 Å². The van der Waals surface area contributed by atoms with E-state index in [1.165, 1.54) is 17.2 Å². The van der Waals surface area contributed by atoms with Gasteiger partial charge in [0.15, 0.2) is 23.2 Å². The lowest BCUT2D eigenvalue weighted by Crippen LogP contribution is -2.45. The van der Waals surface area contributed by atoms with Crippen molar-refractivity contribution in [2.45, 2.75) is 43.6 Å². The van der Waals surface area contributed by atoms with Crippen LogP contribution >= 0.6 is 0 Å². The lowest BCUT2D eigenvalue weighted by Gasteiger charge is -2.19. The minimum Gasteiger partial charge on any atom is -0.445 e. The first-order valence-corrected chi connectivity index (χ1v) is 12.6. The zero-order valence-corrected chi connectivity index (χ0v) is 21.2. The number of rotatable bonds is 9. The van der Waals surface area contributed by atoms with Crippen LogP contribution in [0.1, 0.15) is 17.4 Å². The average Bonchev–Trinajstić information content (AvgIpc) is 3.53. The van der Waals surface area contributed by atoms with E-state index in [-0.39, 0.29) is 30.0 Å². The Morgan fingerprint density at radius 3 is 2.35 bits per heavy atom. The molecule has 0 aliphatic carbocycles. The Morgan fingerprint density at radius 1 is 0.975 bits per heavy atom. The van der Waals surface area contributed by atoms with Crippen LogP contribution < -0.4 is 10.6 Å². The summed E-state index contributed by atoms with van der Waals surface area (Å²) < 4.78 is 12.3. The molecule has 2 aromatic carbocycles. The van der Waals surface area contributed by atoms with Gasteiger partial charge in [-0.15, -0.1) is 0 Å². The Kier molecular flexibility index (Phi) is 8.26. The van der Waals surface area contributed by atoms with Gasteiger partial charge in [-0.1, -0.05) is 60.7 Å². The summed E-state index contributed by atoms with van der Waals surface area (Å²) in [4.78, 5) is 38.6. The zero-order valence-electron chi connectivity index (χ0n) is 21.2. The molecule has 2 amide bonds. The van der Waals surface area contributed by atoms with Gasteiger partial charge in [-0.25, -0.2) is 19.7 Å². The van der Waals surface area contributed by atoms with E-state index in [0.29, 0.717) is 0 Å². The number of carbonyl (C=O) groups is 2. The first-order valence-electron chi connectivity index (χ1n) is 12.6. The van der Waals surface area contributed by atoms with Crippen LogP contribution in [0.3, 0.4) is 0 Å². The quantitative estimate of drug-likeness (QED) is 0.202. The number of hydrogen-bond donors (Lipinski definition) is 5. The fourth-order valence-corrected chi connectivity index (χ4v) is 4.41. The Balaban J connectivity index is 1.34. The summed E-state index contributed by atoms with van der Waals surface area (Å²) in [5.41, 5.74) is 2.02. The van der Waals surface area contributed by atoms with Crippen molar-refractivity contribution in [3.8, 4) is 0 Å². The molecular weight excluding hydrogens is 520 g/mol. The van der Waals surface area contributed by atoms with Gasteiger partial charge >= 0.3 is 6.09 Å². The molecule has 0 unspecified atom stereocenters. The summed E-state index contributed by atoms with van der Waals surface area (Å²) >= 11 is 0. The van der Waals surface area contributed by atoms with Gasteiger partial charge < -0.3 is 35.4 Å². The molecule has 5 N–H and O–H groups in total. The monoisotopic (exact) mass is 548 g/mol. The van der Waals surface area contributed by atoms with Crippen LogP contribution in [0, 0.1) is 0 Å². The number of aliphatic hydroxyl groups is 3. The third-order valence-corrected chi connectivity index (χ3v) is 6.50. The Labute approximate surface area is 228 Å². The van der Waals surface area contributed by atoms with Gasteiger partial charge in [-0.2, -0.15) is 0 Å². The third-order valence-electron chi connectivity index (χ3n) is 6.50. The van der Waals surface area contributed by atoms with E-state index in [0.717, 1.165) is 11.1 Å². The van der Waals surface area contributed by atoms with Crippen molar-refractivity contribution < 1.29 is 34.4 Å². The van der Waals surface area contributed by atoms with Crippen molar-refractivity contribution >= 4 is 29.0 Å². The highest BCUT2D eigenvalue weighted by atomic mass is 16.6. The number of benzene rings is 2. The summed E-state index contributed by atoms with van der Waals surface area (Å²) in [6, 6.07) is 17.3. The second kappa shape index (κ2) is 12.2. The van der Waals surface area contributed by atoms with Crippen LogP contribution in [-0.4, -0.2) is 77.8 Å². The molecule has 1 aliphatic rings. The van der Waals surface area contributed by atoms with Gasteiger partial charge in [0.05, 0.1) is 12.9 Å². The largest absolute Gasteiger partial charge is 0.445 e. The Bertz CT molecular complexity index is 1450. The summed E-state index contributed by atoms with van der Waals surface area (Å²) in [6.45, 7) is -0.446. The molecule has 3 heterocycles. The zero-order chi connectivity index (χ0) is 28.1. The maximum atomic E-state index is 13.4. The predicted octanol–water partition coefficient (Wildman–Crippen LogP) is 0.914. The maximum absolute atomic E-state index is 13.4. The number of ether oxygens (including phenoxy) is 2. The summed E-state index contributed by atoms with van der Waals surface area (Å²) in [5, 5.41) is 35.3. The lowest BCUT2D eigenvalue weighted by molar-refractivity contribution is -0.118. The fraction of sp³-hybridized carbons (Fsp3) is 0.296. The van der Waals surface area contributed by atoms with E-state index in [2.05, 4.69) is 25.6 Å². The maximum Gasteiger partial charge on any atom is 0.408 e. The average molecular weight is 549 g/mol. The van der Waals surface area contributed by atoms with Gasteiger partial charge in [0.25, 0.3) is 0 Å². The van der Waals surface area contributed by atoms with Crippen LogP contribution in [0.15, 0.2) is 73.3 Å². The molecule has 13 nitrogen and oxygen atoms in total. The number of anilines is 1. The fourth-order valence-electron chi connectivity index (χ4n) is 4.41. The Morgan fingerprint density at radius 2 is 1.68 bits per heavy atom. The molecular formula is C27H28N6O7. The van der Waals surface area contributed by atoms with Crippen molar-refractivity contribution in [1.82, 2.24) is 24.8 Å². The van der Waals surface area contributed by atoms with E-state index in [1.54, 1.807) is 0 Å². The molecule has 0 saturated carbocycles. The van der Waals surface area contributed by atoms with Crippen LogP contribution in [-0.2, 0) is 27.3 Å². The van der Waals surface area contributed by atoms with E-state index >= 15 is 0 Å². The third kappa shape index (κ3) is 5.92. The molecule has 13 heteroatoms. The number of aliphatic hydroxyl groups excluding tert-OH is 3. The van der Waals surface area contributed by atoms with Crippen LogP contribution in [0.25, 0.3) is 11.2 Å². The van der Waals surface area contributed by atoms with E-state index in [4.69, 9.17) is 9.47 Å². The number of nitrogens with one attached hydrogen (secondary N) is 2. The molecule has 1 aliphatic heterocycles. The van der Waals surface area contributed by atoms with Gasteiger partial charge in [0.1, 0.15) is 37.3 Å². The number of fused-ring (bicyclic) bond motifs is 1. The van der Waals surface area contributed by atoms with Crippen molar-refractivity contribution in [2.75, 3.05) is 11.9 Å². The molecule has 40 heavy (non-hydrogen) atoms. The molecule has 1 saturated heterocycles. The summed E-state index contributed by atoms with van der Waals surface area (Å²) in [6.07, 6.45) is -2.75. The molecule has 5 atom stereocenters. The van der Waals surface area contributed by atoms with E-state index in [9.17, 15) is 24.9 Å². The number of hydrogen-bond acceptors (Lipinski definition) is 10. The van der Waals surface area contributed by atoms with Crippen LogP contribution in [0.2, 0.25) is 0 Å². The topological polar surface area (TPSA) is 181 Å². The first-order chi connectivity index (χ1) is 19.4. The van der Waals surface area contributed by atoms with E-state index < -0.39 is 49.2 Å². The minimum atomic E-state index is -1.34. The summed E-state index contributed by atoms with van der Waals surface area (Å²) in [7, 11) is 0. The highest BCUT2D eigenvalue weighted by molar-refractivity contribution is 6.00. The number of imidazole rings is 1. The lowest BCUT2D eigenvalue weighted by atomic mass is 10.1. The molecule has 0 radical (unpaired) electrons. The number of nitrogens with zero attached hydrogens (tertiary/aromatic N) is 4. The number of alkyl carbamates (subject to hydrolysis) is 1. The van der Waals surface area contributed by atoms with Crippen molar-refractivity contribution in [3.63, 3.8) is 0 Å². The van der Waals surface area contributed by atoms with Crippen molar-refractivity contribution in [3.05, 3.63) is 84.4 Å². The SMILES string of the molecule is O=C(N[C@@H](Cc1ccccc1)C(=O)Nc1ncnc2c1ncn2[C@@H]1O[C@@H](CO)[C@@H](O)[C@H]1O)OCc1ccccc1. The van der Waals surface area contributed by atoms with Crippen molar-refractivity contribution in [2.24, 2.45) is 0 Å². The predicted molar refractivity (Wildman–Crippen MR) is 141 cm³/mol. The van der Waals surface area contributed by atoms with E-state index in [1.807, 2.05) is 60.7 Å². The molecule has 1 fully saturated rings. The molecule has 0 spiro atoms. The molecule has 5 rings (SSSR count). The molecule has 2 aromatic heterocycles. The second-order valence-corrected chi connectivity index (χ2v) is 9.21. The molecule has 0 bridgehead atoms. The standard InChI is InChI=1S/C27H28N6O7/c34-12-19-21(35)22(36)26(40-19)33-15-30-20-23(28-14-29-24(20)33)32-25(37)18(11-16-7-3-1-4-8-16)31-27(38)39-13-17-9-5-2-6-10-17/h1-10,14-15,18-19,21-22,26,34-36H,11-13H2,(H,31,38)(H,28,29,32,37)/t18-,19-,21+,22+,26+/m0/s1. The first kappa shape index (κ1) is 27.1. The Hall–Kier alpha value is -4.43.